The molecule has 0 amide bonds. The number of nitrogens with one attached hydrogen (secondary N) is 1. The van der Waals surface area contributed by atoms with Gasteiger partial charge in [-0.3, -0.25) is 0 Å². The van der Waals surface area contributed by atoms with Gasteiger partial charge in [0.1, 0.15) is 12.4 Å². The summed E-state index contributed by atoms with van der Waals surface area (Å²) in [6.07, 6.45) is 4.10. The fourth-order valence-corrected chi connectivity index (χ4v) is 1.58. The molecule has 0 bridgehead atoms. The Bertz CT molecular complexity index is 444. The molecule has 4 nitrogen and oxygen atoms in total. The molecule has 1 fully saturated rings. The van der Waals surface area contributed by atoms with Crippen LogP contribution in [0, 0.1) is 0 Å². The number of nitrogens with two attached hydrogens (primary N) is 1. The molecule has 0 aromatic heterocycles. The third kappa shape index (κ3) is 5.50. The van der Waals surface area contributed by atoms with Gasteiger partial charge in [0.05, 0.1) is 6.54 Å². The Hall–Kier alpha value is -1.24. The minimum atomic E-state index is 0. The second-order valence-corrected chi connectivity index (χ2v) is 4.33. The standard InChI is InChI=1S/C14H19N3O.HI/c1-2-9-18-13-6-4-3-5-11(13)10-16-14(15)17-12-7-8-12;/h2-6,12H,1,7-10H2,(H3,15,16,17);1H. The molecule has 19 heavy (non-hydrogen) atoms. The van der Waals surface area contributed by atoms with Gasteiger partial charge in [0.25, 0.3) is 0 Å². The lowest BCUT2D eigenvalue weighted by atomic mass is 10.2. The Morgan fingerprint density at radius 2 is 2.21 bits per heavy atom. The average Bonchev–Trinajstić information content (AvgIpc) is 3.18. The van der Waals surface area contributed by atoms with Crippen molar-refractivity contribution in [1.29, 1.82) is 0 Å². The molecule has 0 saturated heterocycles. The van der Waals surface area contributed by atoms with E-state index in [9.17, 15) is 0 Å². The van der Waals surface area contributed by atoms with Gasteiger partial charge >= 0.3 is 0 Å². The molecule has 5 heteroatoms. The van der Waals surface area contributed by atoms with Crippen LogP contribution < -0.4 is 15.8 Å². The van der Waals surface area contributed by atoms with Gasteiger partial charge in [-0.25, -0.2) is 4.99 Å². The Balaban J connectivity index is 0.00000180. The van der Waals surface area contributed by atoms with Crippen LogP contribution in [0.4, 0.5) is 0 Å². The number of nitrogens with zero attached hydrogens (tertiary/aromatic N) is 1. The predicted molar refractivity (Wildman–Crippen MR) is 89.0 cm³/mol. The number of halogens is 1. The van der Waals surface area contributed by atoms with Crippen molar-refractivity contribution in [1.82, 2.24) is 5.32 Å². The van der Waals surface area contributed by atoms with Crippen molar-refractivity contribution in [2.24, 2.45) is 10.7 Å². The molecule has 0 aliphatic heterocycles. The third-order valence-corrected chi connectivity index (χ3v) is 2.68. The fourth-order valence-electron chi connectivity index (χ4n) is 1.58. The first-order chi connectivity index (χ1) is 8.79. The maximum Gasteiger partial charge on any atom is 0.189 e. The van der Waals surface area contributed by atoms with E-state index in [0.717, 1.165) is 11.3 Å². The smallest absolute Gasteiger partial charge is 0.189 e. The number of guanidine groups is 1. The molecule has 0 heterocycles. The van der Waals surface area contributed by atoms with E-state index >= 15 is 0 Å². The van der Waals surface area contributed by atoms with Gasteiger partial charge in [-0.05, 0) is 18.9 Å². The first-order valence-corrected chi connectivity index (χ1v) is 6.17. The fraction of sp³-hybridized carbons (Fsp3) is 0.357. The monoisotopic (exact) mass is 373 g/mol. The van der Waals surface area contributed by atoms with Gasteiger partial charge < -0.3 is 15.8 Å². The summed E-state index contributed by atoms with van der Waals surface area (Å²) in [5.41, 5.74) is 6.82. The molecular weight excluding hydrogens is 353 g/mol. The number of rotatable bonds is 6. The van der Waals surface area contributed by atoms with Gasteiger partial charge in [0.15, 0.2) is 5.96 Å². The van der Waals surface area contributed by atoms with E-state index in [-0.39, 0.29) is 24.0 Å². The summed E-state index contributed by atoms with van der Waals surface area (Å²) in [6, 6.07) is 8.36. The van der Waals surface area contributed by atoms with Crippen LogP contribution >= 0.6 is 24.0 Å². The highest BCUT2D eigenvalue weighted by atomic mass is 127. The SMILES string of the molecule is C=CCOc1ccccc1CN=C(N)NC1CC1.I. The van der Waals surface area contributed by atoms with Crippen LogP contribution in [0.5, 0.6) is 5.75 Å². The largest absolute Gasteiger partial charge is 0.489 e. The van der Waals surface area contributed by atoms with E-state index in [1.807, 2.05) is 24.3 Å². The van der Waals surface area contributed by atoms with Crippen molar-refractivity contribution in [3.63, 3.8) is 0 Å². The number of hydrogen-bond acceptors (Lipinski definition) is 2. The van der Waals surface area contributed by atoms with Crippen LogP contribution in [-0.4, -0.2) is 18.6 Å². The zero-order chi connectivity index (χ0) is 12.8. The predicted octanol–water partition coefficient (Wildman–Crippen LogP) is 2.44. The molecular formula is C14H20IN3O. The maximum atomic E-state index is 5.79. The van der Waals surface area contributed by atoms with E-state index in [1.165, 1.54) is 12.8 Å². The summed E-state index contributed by atoms with van der Waals surface area (Å²) in [7, 11) is 0. The highest BCUT2D eigenvalue weighted by Crippen LogP contribution is 2.20. The molecule has 0 atom stereocenters. The van der Waals surface area contributed by atoms with Crippen molar-refractivity contribution in [3.8, 4) is 5.75 Å². The minimum absolute atomic E-state index is 0. The van der Waals surface area contributed by atoms with Crippen LogP contribution in [0.25, 0.3) is 0 Å². The van der Waals surface area contributed by atoms with E-state index in [1.54, 1.807) is 6.08 Å². The van der Waals surface area contributed by atoms with Crippen molar-refractivity contribution in [3.05, 3.63) is 42.5 Å². The zero-order valence-corrected chi connectivity index (χ0v) is 13.2. The lowest BCUT2D eigenvalue weighted by Gasteiger charge is -2.09. The van der Waals surface area contributed by atoms with Crippen LogP contribution in [0.2, 0.25) is 0 Å². The highest BCUT2D eigenvalue weighted by molar-refractivity contribution is 14.0. The number of aliphatic imine (C=N–C) groups is 1. The van der Waals surface area contributed by atoms with E-state index in [0.29, 0.717) is 25.2 Å². The quantitative estimate of drug-likeness (QED) is 0.349. The van der Waals surface area contributed by atoms with E-state index < -0.39 is 0 Å². The second-order valence-electron chi connectivity index (χ2n) is 4.33. The number of ether oxygens (including phenoxy) is 1. The maximum absolute atomic E-state index is 5.79. The van der Waals surface area contributed by atoms with Crippen LogP contribution in [-0.2, 0) is 6.54 Å². The molecule has 3 N–H and O–H groups in total. The highest BCUT2D eigenvalue weighted by Gasteiger charge is 2.21. The number of para-hydroxylation sites is 1. The Labute approximate surface area is 131 Å². The lowest BCUT2D eigenvalue weighted by molar-refractivity contribution is 0.359. The summed E-state index contributed by atoms with van der Waals surface area (Å²) in [4.78, 5) is 4.32. The summed E-state index contributed by atoms with van der Waals surface area (Å²) >= 11 is 0. The molecule has 0 spiro atoms. The molecule has 1 aromatic rings. The summed E-state index contributed by atoms with van der Waals surface area (Å²) < 4.78 is 5.56. The van der Waals surface area contributed by atoms with Gasteiger partial charge in [0, 0.05) is 11.6 Å². The summed E-state index contributed by atoms with van der Waals surface area (Å²) in [6.45, 7) is 4.66. The van der Waals surface area contributed by atoms with Gasteiger partial charge in [-0.1, -0.05) is 30.9 Å². The lowest BCUT2D eigenvalue weighted by Crippen LogP contribution is -2.33. The third-order valence-electron chi connectivity index (χ3n) is 2.68. The van der Waals surface area contributed by atoms with Gasteiger partial charge in [0.2, 0.25) is 0 Å². The Morgan fingerprint density at radius 1 is 1.47 bits per heavy atom. The molecule has 1 aliphatic rings. The van der Waals surface area contributed by atoms with Crippen LogP contribution in [0.15, 0.2) is 41.9 Å². The van der Waals surface area contributed by atoms with Crippen molar-refractivity contribution < 1.29 is 4.74 Å². The van der Waals surface area contributed by atoms with Crippen molar-refractivity contribution >= 4 is 29.9 Å². The summed E-state index contributed by atoms with van der Waals surface area (Å²) in [5.74, 6) is 1.34. The topological polar surface area (TPSA) is 59.6 Å². The molecule has 2 rings (SSSR count). The Kier molecular flexibility index (Phi) is 6.69. The molecule has 0 unspecified atom stereocenters. The molecule has 1 saturated carbocycles. The molecule has 1 aromatic carbocycles. The Morgan fingerprint density at radius 3 is 2.89 bits per heavy atom. The minimum Gasteiger partial charge on any atom is -0.489 e. The average molecular weight is 373 g/mol. The molecule has 1 aliphatic carbocycles. The van der Waals surface area contributed by atoms with Crippen molar-refractivity contribution in [2.45, 2.75) is 25.4 Å². The zero-order valence-electron chi connectivity index (χ0n) is 10.8. The summed E-state index contributed by atoms with van der Waals surface area (Å²) in [5, 5.41) is 3.16. The number of benzene rings is 1. The van der Waals surface area contributed by atoms with E-state index in [2.05, 4.69) is 16.9 Å². The van der Waals surface area contributed by atoms with Crippen LogP contribution in [0.3, 0.4) is 0 Å². The molecule has 0 radical (unpaired) electrons. The number of hydrogen-bond donors (Lipinski definition) is 2. The first kappa shape index (κ1) is 15.8. The van der Waals surface area contributed by atoms with Gasteiger partial charge in [-0.15, -0.1) is 24.0 Å². The molecule has 104 valence electrons. The van der Waals surface area contributed by atoms with E-state index in [4.69, 9.17) is 10.5 Å². The van der Waals surface area contributed by atoms with Gasteiger partial charge in [-0.2, -0.15) is 0 Å². The first-order valence-electron chi connectivity index (χ1n) is 6.17. The normalized spacial score (nSPS) is 14.4. The van der Waals surface area contributed by atoms with Crippen LogP contribution in [0.1, 0.15) is 18.4 Å². The van der Waals surface area contributed by atoms with Crippen molar-refractivity contribution in [2.75, 3.05) is 6.61 Å². The second kappa shape index (κ2) is 8.04.